The molecule has 0 N–H and O–H groups in total. The Morgan fingerprint density at radius 1 is 0.848 bits per heavy atom. The zero-order chi connectivity index (χ0) is 25.0. The van der Waals surface area contributed by atoms with Gasteiger partial charge in [0.25, 0.3) is 0 Å². The van der Waals surface area contributed by atoms with Gasteiger partial charge in [0.1, 0.15) is 5.97 Å². The number of allylic oxidation sites excluding steroid dienone is 1. The summed E-state index contributed by atoms with van der Waals surface area (Å²) >= 11 is 2.92. The molecule has 0 spiro atoms. The van der Waals surface area contributed by atoms with Gasteiger partial charge in [-0.2, -0.15) is 13.2 Å². The third-order valence-corrected chi connectivity index (χ3v) is 7.79. The zero-order valence-electron chi connectivity index (χ0n) is 18.6. The molecule has 7 heteroatoms. The molecule has 0 aliphatic heterocycles. The molecule has 3 aromatic rings. The largest absolute Gasteiger partial charge is 0.542 e. The number of rotatable bonds is 4. The number of hydrogen-bond acceptors (Lipinski definition) is 2. The second kappa shape index (κ2) is 14.1. The van der Waals surface area contributed by atoms with Gasteiger partial charge in [0, 0.05) is 0 Å². The minimum absolute atomic E-state index is 0.508. The summed E-state index contributed by atoms with van der Waals surface area (Å²) in [5.74, 6) is -3.01. The van der Waals surface area contributed by atoms with E-state index in [1.807, 2.05) is 6.08 Å². The van der Waals surface area contributed by atoms with Crippen LogP contribution >= 0.6 is 7.92 Å². The minimum Gasteiger partial charge on any atom is -0.542 e. The van der Waals surface area contributed by atoms with E-state index in [2.05, 4.69) is 119 Å². The summed E-state index contributed by atoms with van der Waals surface area (Å²) in [6, 6.07) is 26.4. The van der Waals surface area contributed by atoms with Crippen LogP contribution < -0.4 is 21.0 Å². The van der Waals surface area contributed by atoms with Crippen LogP contribution in [0.25, 0.3) is 0 Å². The fraction of sp³-hybridized carbons (Fsp3) is 0.192. The average molecular weight is 565 g/mol. The average Bonchev–Trinajstić information content (AvgIpc) is 2.77. The molecule has 0 saturated carbocycles. The van der Waals surface area contributed by atoms with Crippen LogP contribution in [0.3, 0.4) is 0 Å². The Kier molecular flexibility index (Phi) is 12.3. The van der Waals surface area contributed by atoms with E-state index in [0.29, 0.717) is 0 Å². The molecule has 0 radical (unpaired) electrons. The molecule has 0 amide bonds. The van der Waals surface area contributed by atoms with Crippen molar-refractivity contribution < 1.29 is 42.3 Å². The van der Waals surface area contributed by atoms with Crippen molar-refractivity contribution in [3.05, 3.63) is 102 Å². The number of carboxylic acid groups (broad SMARTS) is 1. The molecule has 3 aromatic carbocycles. The van der Waals surface area contributed by atoms with Crippen molar-refractivity contribution in [3.8, 4) is 0 Å². The first-order chi connectivity index (χ1) is 15.5. The van der Waals surface area contributed by atoms with E-state index in [4.69, 9.17) is 9.90 Å². The summed E-state index contributed by atoms with van der Waals surface area (Å²) in [5, 5.41) is 13.2. The maximum atomic E-state index is 10.5. The van der Waals surface area contributed by atoms with Gasteiger partial charge in [-0.1, -0.05) is 72.8 Å². The summed E-state index contributed by atoms with van der Waals surface area (Å²) in [4.78, 5) is 9.72. The standard InChI is InChI=1S/C21H21P.C3H5.C2HF3O2.Pd/c1-16-10-4-7-13-19(16)22(20-14-8-5-11-17(20)2)21-15-9-6-12-18(21)3;1-3-2;3-2(4,5)1(6)7;/h4-15H,1-3H3;3H,1-2H2;(H,6,7);/q;;;+1/p-1. The third kappa shape index (κ3) is 9.26. The van der Waals surface area contributed by atoms with Crippen LogP contribution in [-0.4, -0.2) is 12.1 Å². The van der Waals surface area contributed by atoms with Crippen molar-refractivity contribution in [1.82, 2.24) is 0 Å². The number of carbonyl (C=O) groups excluding carboxylic acids is 1. The maximum absolute atomic E-state index is 10.5. The first-order valence-electron chi connectivity index (χ1n) is 9.92. The summed E-state index contributed by atoms with van der Waals surface area (Å²) in [6.45, 7) is 10.1. The number of benzene rings is 3. The van der Waals surface area contributed by atoms with Crippen molar-refractivity contribution in [2.45, 2.75) is 31.8 Å². The van der Waals surface area contributed by atoms with Crippen LogP contribution in [0.2, 0.25) is 4.89 Å². The Labute approximate surface area is 205 Å². The van der Waals surface area contributed by atoms with Gasteiger partial charge in [0.15, 0.2) is 0 Å². The van der Waals surface area contributed by atoms with Crippen LogP contribution in [0.1, 0.15) is 16.7 Å². The van der Waals surface area contributed by atoms with Crippen LogP contribution in [0, 0.1) is 20.8 Å². The van der Waals surface area contributed by atoms with Gasteiger partial charge >= 0.3 is 42.9 Å². The first-order valence-corrected chi connectivity index (χ1v) is 12.4. The van der Waals surface area contributed by atoms with Gasteiger partial charge in [0.2, 0.25) is 0 Å². The van der Waals surface area contributed by atoms with Gasteiger partial charge in [-0.05, 0) is 61.3 Å². The summed E-state index contributed by atoms with van der Waals surface area (Å²) in [5.41, 5.74) is 4.13. The number of hydrogen-bond donors (Lipinski definition) is 0. The number of halogens is 3. The Morgan fingerprint density at radius 3 is 1.27 bits per heavy atom. The minimum atomic E-state index is -5.19. The molecule has 3 rings (SSSR count). The molecule has 0 aromatic heterocycles. The summed E-state index contributed by atoms with van der Waals surface area (Å²) in [7, 11) is -0.508. The molecule has 0 fully saturated rings. The molecule has 0 aliphatic carbocycles. The monoisotopic (exact) mass is 564 g/mol. The maximum Gasteiger partial charge on any atom is 0.430 e. The first kappa shape index (κ1) is 28.8. The Bertz CT molecular complexity index is 943. The molecule has 0 unspecified atom stereocenters. The second-order valence-electron chi connectivity index (χ2n) is 6.90. The van der Waals surface area contributed by atoms with E-state index in [9.17, 15) is 13.2 Å². The third-order valence-electron chi connectivity index (χ3n) is 4.39. The number of alkyl halides is 3. The number of aryl methyl sites for hydroxylation is 3. The van der Waals surface area contributed by atoms with Gasteiger partial charge in [-0.15, -0.1) is 0 Å². The topological polar surface area (TPSA) is 40.1 Å². The number of carboxylic acids is 1. The van der Waals surface area contributed by atoms with E-state index >= 15 is 0 Å². The SMILES string of the molecule is C=C[CH2][Pd+].Cc1ccccc1P(c1ccccc1C)c1ccccc1C.O=C([O-])C(F)(F)F. The van der Waals surface area contributed by atoms with Crippen molar-refractivity contribution in [3.63, 3.8) is 0 Å². The van der Waals surface area contributed by atoms with E-state index in [1.165, 1.54) is 32.6 Å². The Hall–Kier alpha value is -2.25. The van der Waals surface area contributed by atoms with Crippen LogP contribution in [0.4, 0.5) is 13.2 Å². The van der Waals surface area contributed by atoms with Crippen molar-refractivity contribution in [1.29, 1.82) is 0 Å². The van der Waals surface area contributed by atoms with E-state index in [1.54, 1.807) is 0 Å². The predicted molar refractivity (Wildman–Crippen MR) is 125 cm³/mol. The Morgan fingerprint density at radius 2 is 1.09 bits per heavy atom. The smallest absolute Gasteiger partial charge is 0.430 e. The second-order valence-corrected chi connectivity index (χ2v) is 9.65. The van der Waals surface area contributed by atoms with Crippen molar-refractivity contribution in [2.24, 2.45) is 0 Å². The molecule has 2 nitrogen and oxygen atoms in total. The molecule has 0 aliphatic rings. The summed E-state index contributed by atoms with van der Waals surface area (Å²) in [6.07, 6.45) is -3.39. The fourth-order valence-corrected chi connectivity index (χ4v) is 5.60. The fourth-order valence-electron chi connectivity index (χ4n) is 2.83. The van der Waals surface area contributed by atoms with E-state index in [0.717, 1.165) is 4.89 Å². The molecule has 0 atom stereocenters. The number of aliphatic carboxylic acids is 1. The molecule has 0 heterocycles. The molecule has 0 bridgehead atoms. The molecule has 0 saturated heterocycles. The normalized spacial score (nSPS) is 10.5. The predicted octanol–water partition coefficient (Wildman–Crippen LogP) is 4.81. The zero-order valence-corrected chi connectivity index (χ0v) is 21.1. The number of carbonyl (C=O) groups is 1. The van der Waals surface area contributed by atoms with Gasteiger partial charge in [-0.3, -0.25) is 0 Å². The van der Waals surface area contributed by atoms with Gasteiger partial charge in [0.05, 0.1) is 0 Å². The van der Waals surface area contributed by atoms with Gasteiger partial charge in [-0.25, -0.2) is 0 Å². The molecular formula is C26H26F3O2PPd. The Balaban J connectivity index is 0.000000415. The van der Waals surface area contributed by atoms with Gasteiger partial charge < -0.3 is 9.90 Å². The van der Waals surface area contributed by atoms with Crippen LogP contribution in [0.15, 0.2) is 85.5 Å². The molecular weight excluding hydrogens is 539 g/mol. The van der Waals surface area contributed by atoms with E-state index < -0.39 is 20.1 Å². The quantitative estimate of drug-likeness (QED) is 0.259. The van der Waals surface area contributed by atoms with Crippen LogP contribution in [-0.2, 0) is 24.0 Å². The van der Waals surface area contributed by atoms with E-state index in [-0.39, 0.29) is 0 Å². The van der Waals surface area contributed by atoms with Crippen LogP contribution in [0.5, 0.6) is 0 Å². The van der Waals surface area contributed by atoms with Crippen molar-refractivity contribution >= 4 is 29.8 Å². The molecule has 33 heavy (non-hydrogen) atoms. The van der Waals surface area contributed by atoms with Crippen molar-refractivity contribution in [2.75, 3.05) is 0 Å². The summed E-state index contributed by atoms with van der Waals surface area (Å²) < 4.78 is 31.5. The molecule has 178 valence electrons.